The third kappa shape index (κ3) is 8.97. The summed E-state index contributed by atoms with van der Waals surface area (Å²) in [7, 11) is 0. The van der Waals surface area contributed by atoms with Crippen LogP contribution in [-0.4, -0.2) is 0 Å². The monoisotopic (exact) mass is 270 g/mol. The fraction of sp³-hybridized carbons (Fsp3) is 0.750. The first-order valence-corrected chi connectivity index (χ1v) is 7.33. The zero-order chi connectivity index (χ0) is 15.1. The van der Waals surface area contributed by atoms with Crippen LogP contribution in [-0.2, 0) is 0 Å². The number of hydrogen-bond acceptors (Lipinski definition) is 4. The normalized spacial score (nSPS) is 12.4. The van der Waals surface area contributed by atoms with Crippen molar-refractivity contribution in [3.05, 3.63) is 0 Å². The molecule has 0 fully saturated rings. The molecule has 0 aliphatic carbocycles. The molecule has 0 aromatic carbocycles. The van der Waals surface area contributed by atoms with Crippen LogP contribution in [0.1, 0.15) is 64.2 Å². The molecule has 0 aromatic heterocycles. The maximum Gasteiger partial charge on any atom is 0.0669 e. The predicted octanol–water partition coefficient (Wildman–Crippen LogP) is 4.21. The van der Waals surface area contributed by atoms with Crippen LogP contribution in [0.15, 0.2) is 0 Å². The van der Waals surface area contributed by atoms with Crippen LogP contribution in [0.2, 0.25) is 0 Å². The number of nitriles is 4. The van der Waals surface area contributed by atoms with Gasteiger partial charge in [-0.15, -0.1) is 0 Å². The average Bonchev–Trinajstić information content (AvgIpc) is 2.48. The van der Waals surface area contributed by atoms with Crippen molar-refractivity contribution >= 4 is 0 Å². The molecule has 0 spiro atoms. The van der Waals surface area contributed by atoms with Crippen LogP contribution >= 0.6 is 0 Å². The molecule has 4 nitrogen and oxygen atoms in total. The van der Waals surface area contributed by atoms with Gasteiger partial charge in [-0.1, -0.05) is 25.7 Å². The molecule has 20 heavy (non-hydrogen) atoms. The lowest BCUT2D eigenvalue weighted by molar-refractivity contribution is 0.405. The average molecular weight is 270 g/mol. The number of rotatable bonds is 11. The van der Waals surface area contributed by atoms with Crippen molar-refractivity contribution in [2.24, 2.45) is 11.8 Å². The minimum Gasteiger partial charge on any atom is -0.198 e. The van der Waals surface area contributed by atoms with E-state index in [1.165, 1.54) is 0 Å². The first kappa shape index (κ1) is 18.0. The first-order chi connectivity index (χ1) is 9.79. The molecule has 0 bridgehead atoms. The van der Waals surface area contributed by atoms with Gasteiger partial charge in [-0.2, -0.15) is 21.0 Å². The van der Waals surface area contributed by atoms with Crippen molar-refractivity contribution in [1.29, 1.82) is 21.0 Å². The zero-order valence-electron chi connectivity index (χ0n) is 12.0. The molecule has 0 unspecified atom stereocenters. The maximum absolute atomic E-state index is 9.17. The molecule has 0 saturated carbocycles. The Morgan fingerprint density at radius 3 is 1.25 bits per heavy atom. The third-order valence-corrected chi connectivity index (χ3v) is 3.42. The summed E-state index contributed by atoms with van der Waals surface area (Å²) in [6, 6.07) is 8.73. The lowest BCUT2D eigenvalue weighted by Crippen LogP contribution is -2.11. The second kappa shape index (κ2) is 13.4. The zero-order valence-corrected chi connectivity index (χ0v) is 12.0. The Morgan fingerprint density at radius 1 is 0.550 bits per heavy atom. The van der Waals surface area contributed by atoms with Crippen molar-refractivity contribution in [3.63, 3.8) is 0 Å². The molecular formula is C16H22N4. The molecule has 2 atom stereocenters. The van der Waals surface area contributed by atoms with E-state index in [-0.39, 0.29) is 11.8 Å². The van der Waals surface area contributed by atoms with E-state index >= 15 is 0 Å². The second-order valence-electron chi connectivity index (χ2n) is 4.99. The van der Waals surface area contributed by atoms with Gasteiger partial charge in [-0.25, -0.2) is 0 Å². The van der Waals surface area contributed by atoms with Crippen molar-refractivity contribution in [1.82, 2.24) is 0 Å². The molecule has 0 heterocycles. The summed E-state index contributed by atoms with van der Waals surface area (Å²) in [4.78, 5) is 0. The van der Waals surface area contributed by atoms with Gasteiger partial charge in [0.1, 0.15) is 0 Å². The summed E-state index contributed by atoms with van der Waals surface area (Å²) in [5.41, 5.74) is 0. The number of hydrogen-bond donors (Lipinski definition) is 0. The molecular weight excluding hydrogens is 248 g/mol. The van der Waals surface area contributed by atoms with Gasteiger partial charge in [0.2, 0.25) is 0 Å². The van der Waals surface area contributed by atoms with Crippen LogP contribution in [0.5, 0.6) is 0 Å². The van der Waals surface area contributed by atoms with Crippen LogP contribution < -0.4 is 0 Å². The van der Waals surface area contributed by atoms with Crippen molar-refractivity contribution in [3.8, 4) is 24.3 Å². The number of nitrogens with zero attached hydrogens (tertiary/aromatic N) is 4. The molecule has 0 rings (SSSR count). The SMILES string of the molecule is N#CCCCCC[C@H](C#N)[C@@H](C#N)CCCCCC#N. The summed E-state index contributed by atoms with van der Waals surface area (Å²) in [5.74, 6) is -0.392. The predicted molar refractivity (Wildman–Crippen MR) is 75.6 cm³/mol. The molecule has 4 heteroatoms. The van der Waals surface area contributed by atoms with E-state index < -0.39 is 0 Å². The maximum atomic E-state index is 9.17. The molecule has 0 amide bonds. The van der Waals surface area contributed by atoms with Crippen molar-refractivity contribution in [2.45, 2.75) is 64.2 Å². The fourth-order valence-corrected chi connectivity index (χ4v) is 2.20. The summed E-state index contributed by atoms with van der Waals surface area (Å²) in [6.07, 6.45) is 8.10. The van der Waals surface area contributed by atoms with E-state index in [1.54, 1.807) is 0 Å². The Balaban J connectivity index is 3.93. The highest BCUT2D eigenvalue weighted by atomic mass is 14.3. The van der Waals surface area contributed by atoms with Crippen LogP contribution in [0.25, 0.3) is 0 Å². The Labute approximate surface area is 122 Å². The summed E-state index contributed by atoms with van der Waals surface area (Å²) in [6.45, 7) is 0. The van der Waals surface area contributed by atoms with Gasteiger partial charge in [0.05, 0.1) is 36.1 Å². The molecule has 0 radical (unpaired) electrons. The Morgan fingerprint density at radius 2 is 0.950 bits per heavy atom. The van der Waals surface area contributed by atoms with Gasteiger partial charge in [0.25, 0.3) is 0 Å². The van der Waals surface area contributed by atoms with E-state index in [2.05, 4.69) is 24.3 Å². The van der Waals surface area contributed by atoms with Crippen LogP contribution in [0, 0.1) is 57.2 Å². The van der Waals surface area contributed by atoms with E-state index in [4.69, 9.17) is 10.5 Å². The smallest absolute Gasteiger partial charge is 0.0669 e. The minimum atomic E-state index is -0.196. The topological polar surface area (TPSA) is 95.2 Å². The minimum absolute atomic E-state index is 0.196. The molecule has 106 valence electrons. The van der Waals surface area contributed by atoms with Crippen molar-refractivity contribution < 1.29 is 0 Å². The highest BCUT2D eigenvalue weighted by molar-refractivity contribution is 4.97. The molecule has 0 N–H and O–H groups in total. The fourth-order valence-electron chi connectivity index (χ4n) is 2.20. The van der Waals surface area contributed by atoms with Gasteiger partial charge in [0, 0.05) is 12.8 Å². The summed E-state index contributed by atoms with van der Waals surface area (Å²) >= 11 is 0. The molecule has 0 saturated heterocycles. The van der Waals surface area contributed by atoms with Crippen LogP contribution in [0.4, 0.5) is 0 Å². The van der Waals surface area contributed by atoms with Crippen LogP contribution in [0.3, 0.4) is 0 Å². The van der Waals surface area contributed by atoms with Gasteiger partial charge in [-0.05, 0) is 25.7 Å². The lowest BCUT2D eigenvalue weighted by Gasteiger charge is -2.14. The van der Waals surface area contributed by atoms with Gasteiger partial charge in [-0.3, -0.25) is 0 Å². The lowest BCUT2D eigenvalue weighted by atomic mass is 9.86. The van der Waals surface area contributed by atoms with Crippen molar-refractivity contribution in [2.75, 3.05) is 0 Å². The summed E-state index contributed by atoms with van der Waals surface area (Å²) in [5, 5.41) is 35.2. The Bertz CT molecular complexity index is 362. The van der Waals surface area contributed by atoms with E-state index in [9.17, 15) is 10.5 Å². The molecule has 0 aromatic rings. The summed E-state index contributed by atoms with van der Waals surface area (Å²) < 4.78 is 0. The largest absolute Gasteiger partial charge is 0.198 e. The number of unbranched alkanes of at least 4 members (excludes halogenated alkanes) is 6. The molecule has 0 aliphatic rings. The highest BCUT2D eigenvalue weighted by Crippen LogP contribution is 2.23. The van der Waals surface area contributed by atoms with Gasteiger partial charge < -0.3 is 0 Å². The van der Waals surface area contributed by atoms with E-state index in [1.807, 2.05) is 0 Å². The Hall–Kier alpha value is -2.04. The van der Waals surface area contributed by atoms with E-state index in [0.717, 1.165) is 51.4 Å². The van der Waals surface area contributed by atoms with Gasteiger partial charge in [0.15, 0.2) is 0 Å². The quantitative estimate of drug-likeness (QED) is 0.525. The third-order valence-electron chi connectivity index (χ3n) is 3.42. The van der Waals surface area contributed by atoms with Gasteiger partial charge >= 0.3 is 0 Å². The Kier molecular flexibility index (Phi) is 12.0. The standard InChI is InChI=1S/C16H22N4/c17-11-7-3-1-5-9-15(13-19)16(14-20)10-6-2-4-8-12-18/h15-16H,1-10H2/t15-,16-/m1/s1. The first-order valence-electron chi connectivity index (χ1n) is 7.33. The van der Waals surface area contributed by atoms with E-state index in [0.29, 0.717) is 12.8 Å². The highest BCUT2D eigenvalue weighted by Gasteiger charge is 2.20. The second-order valence-corrected chi connectivity index (χ2v) is 4.99. The molecule has 0 aliphatic heterocycles.